The second-order valence-corrected chi connectivity index (χ2v) is 4.26. The van der Waals surface area contributed by atoms with E-state index in [0.717, 1.165) is 25.7 Å². The molecule has 0 atom stereocenters. The zero-order chi connectivity index (χ0) is 10.6. The molecule has 14 heavy (non-hydrogen) atoms. The lowest BCUT2D eigenvalue weighted by Crippen LogP contribution is -2.54. The maximum absolute atomic E-state index is 12.3. The molecule has 1 aliphatic carbocycles. The third-order valence-corrected chi connectivity index (χ3v) is 3.39. The number of nitrogens with two attached hydrogens (primary N) is 1. The van der Waals surface area contributed by atoms with Gasteiger partial charge in [0.2, 0.25) is 0 Å². The van der Waals surface area contributed by atoms with Crippen molar-refractivity contribution >= 4 is 0 Å². The summed E-state index contributed by atoms with van der Waals surface area (Å²) in [5.41, 5.74) is 5.57. The maximum Gasteiger partial charge on any atom is 0.251 e. The summed E-state index contributed by atoms with van der Waals surface area (Å²) < 4.78 is 24.5. The minimum atomic E-state index is -2.26. The Hall–Kier alpha value is -0.220. The van der Waals surface area contributed by atoms with Crippen molar-refractivity contribution in [2.75, 3.05) is 20.1 Å². The van der Waals surface area contributed by atoms with Crippen LogP contribution in [0.1, 0.15) is 32.1 Å². The minimum Gasteiger partial charge on any atom is -0.329 e. The zero-order valence-corrected chi connectivity index (χ0v) is 8.81. The summed E-state index contributed by atoms with van der Waals surface area (Å²) in [6.45, 7) is 0.341. The van der Waals surface area contributed by atoms with Crippen LogP contribution in [-0.2, 0) is 0 Å². The van der Waals surface area contributed by atoms with E-state index in [-0.39, 0.29) is 12.1 Å². The number of likely N-dealkylation sites (N-methyl/N-ethyl adjacent to an activating group) is 1. The van der Waals surface area contributed by atoms with E-state index in [4.69, 9.17) is 5.73 Å². The van der Waals surface area contributed by atoms with Crippen LogP contribution in [-0.4, -0.2) is 37.0 Å². The highest BCUT2D eigenvalue weighted by Crippen LogP contribution is 2.32. The van der Waals surface area contributed by atoms with Gasteiger partial charge in [-0.15, -0.1) is 0 Å². The van der Waals surface area contributed by atoms with Gasteiger partial charge in [0.1, 0.15) is 0 Å². The van der Waals surface area contributed by atoms with Gasteiger partial charge >= 0.3 is 0 Å². The second kappa shape index (κ2) is 5.03. The van der Waals surface area contributed by atoms with Gasteiger partial charge in [-0.05, 0) is 19.9 Å². The molecule has 0 aromatic carbocycles. The molecule has 1 saturated carbocycles. The first kappa shape index (κ1) is 11.9. The van der Waals surface area contributed by atoms with E-state index < -0.39 is 6.43 Å². The summed E-state index contributed by atoms with van der Waals surface area (Å²) >= 11 is 0. The Labute approximate surface area is 84.4 Å². The molecule has 0 bridgehead atoms. The van der Waals surface area contributed by atoms with Crippen molar-refractivity contribution in [2.24, 2.45) is 5.73 Å². The zero-order valence-electron chi connectivity index (χ0n) is 8.81. The Morgan fingerprint density at radius 3 is 2.29 bits per heavy atom. The van der Waals surface area contributed by atoms with E-state index in [1.807, 2.05) is 0 Å². The number of halogens is 2. The number of nitrogens with zero attached hydrogens (tertiary/aromatic N) is 1. The number of alkyl halides is 2. The van der Waals surface area contributed by atoms with Crippen molar-refractivity contribution < 1.29 is 8.78 Å². The van der Waals surface area contributed by atoms with Gasteiger partial charge < -0.3 is 5.73 Å². The Morgan fingerprint density at radius 2 is 1.86 bits per heavy atom. The average molecular weight is 206 g/mol. The van der Waals surface area contributed by atoms with Gasteiger partial charge in [-0.2, -0.15) is 0 Å². The molecule has 1 aliphatic rings. The Balaban J connectivity index is 2.57. The SMILES string of the molecule is CN(CC(F)F)C1(CN)CCCCC1. The van der Waals surface area contributed by atoms with Crippen molar-refractivity contribution in [1.29, 1.82) is 0 Å². The summed E-state index contributed by atoms with van der Waals surface area (Å²) in [6.07, 6.45) is 3.12. The normalized spacial score (nSPS) is 21.9. The summed E-state index contributed by atoms with van der Waals surface area (Å²) in [6, 6.07) is 0. The molecule has 0 heterocycles. The summed E-state index contributed by atoms with van der Waals surface area (Å²) in [4.78, 5) is 1.76. The van der Waals surface area contributed by atoms with Crippen LogP contribution in [0.4, 0.5) is 8.78 Å². The Kier molecular flexibility index (Phi) is 4.26. The summed E-state index contributed by atoms with van der Waals surface area (Å²) in [7, 11) is 1.77. The molecule has 0 spiro atoms. The fourth-order valence-corrected chi connectivity index (χ4v) is 2.35. The van der Waals surface area contributed by atoms with Crippen molar-refractivity contribution in [3.8, 4) is 0 Å². The third-order valence-electron chi connectivity index (χ3n) is 3.39. The van der Waals surface area contributed by atoms with Crippen LogP contribution in [0.3, 0.4) is 0 Å². The Bertz CT molecular complexity index is 168. The van der Waals surface area contributed by atoms with E-state index in [1.165, 1.54) is 6.42 Å². The number of rotatable bonds is 4. The van der Waals surface area contributed by atoms with Gasteiger partial charge in [-0.1, -0.05) is 19.3 Å². The highest BCUT2D eigenvalue weighted by atomic mass is 19.3. The quantitative estimate of drug-likeness (QED) is 0.760. The highest BCUT2D eigenvalue weighted by Gasteiger charge is 2.35. The Morgan fingerprint density at radius 1 is 1.29 bits per heavy atom. The van der Waals surface area contributed by atoms with Gasteiger partial charge in [0.15, 0.2) is 0 Å². The molecular weight excluding hydrogens is 186 g/mol. The van der Waals surface area contributed by atoms with Crippen LogP contribution < -0.4 is 5.73 Å². The molecule has 1 fully saturated rings. The van der Waals surface area contributed by atoms with Crippen molar-refractivity contribution in [2.45, 2.75) is 44.1 Å². The van der Waals surface area contributed by atoms with Crippen LogP contribution in [0, 0.1) is 0 Å². The van der Waals surface area contributed by atoms with Crippen LogP contribution in [0.25, 0.3) is 0 Å². The van der Waals surface area contributed by atoms with Gasteiger partial charge in [-0.3, -0.25) is 4.90 Å². The van der Waals surface area contributed by atoms with Crippen molar-refractivity contribution in [3.63, 3.8) is 0 Å². The molecule has 0 radical (unpaired) electrons. The molecule has 0 amide bonds. The van der Waals surface area contributed by atoms with Gasteiger partial charge in [-0.25, -0.2) is 8.78 Å². The molecule has 0 unspecified atom stereocenters. The largest absolute Gasteiger partial charge is 0.329 e. The lowest BCUT2D eigenvalue weighted by atomic mass is 9.80. The summed E-state index contributed by atoms with van der Waals surface area (Å²) in [5.74, 6) is 0. The molecular formula is C10H20F2N2. The first-order valence-corrected chi connectivity index (χ1v) is 5.30. The molecule has 0 aromatic heterocycles. The van der Waals surface area contributed by atoms with Gasteiger partial charge in [0.05, 0.1) is 6.54 Å². The topological polar surface area (TPSA) is 29.3 Å². The summed E-state index contributed by atoms with van der Waals surface area (Å²) in [5, 5.41) is 0. The standard InChI is InChI=1S/C10H20F2N2/c1-14(7-9(11)12)10(8-13)5-3-2-4-6-10/h9H,2-8,13H2,1H3. The fraction of sp³-hybridized carbons (Fsp3) is 1.00. The van der Waals surface area contributed by atoms with Crippen LogP contribution in [0.2, 0.25) is 0 Å². The molecule has 1 rings (SSSR count). The molecule has 2 nitrogen and oxygen atoms in total. The monoisotopic (exact) mass is 206 g/mol. The van der Waals surface area contributed by atoms with Crippen molar-refractivity contribution in [1.82, 2.24) is 4.90 Å². The van der Waals surface area contributed by atoms with E-state index in [9.17, 15) is 8.78 Å². The lowest BCUT2D eigenvalue weighted by Gasteiger charge is -2.44. The molecule has 0 aliphatic heterocycles. The average Bonchev–Trinajstić information content (AvgIpc) is 2.18. The molecule has 2 N–H and O–H groups in total. The van der Waals surface area contributed by atoms with Crippen LogP contribution in [0.15, 0.2) is 0 Å². The van der Waals surface area contributed by atoms with Gasteiger partial charge in [0.25, 0.3) is 6.43 Å². The van der Waals surface area contributed by atoms with E-state index in [1.54, 1.807) is 11.9 Å². The fourth-order valence-electron chi connectivity index (χ4n) is 2.35. The van der Waals surface area contributed by atoms with Crippen LogP contribution >= 0.6 is 0 Å². The molecule has 0 aromatic rings. The van der Waals surface area contributed by atoms with Gasteiger partial charge in [0, 0.05) is 12.1 Å². The number of hydrogen-bond donors (Lipinski definition) is 1. The smallest absolute Gasteiger partial charge is 0.251 e. The van der Waals surface area contributed by atoms with E-state index in [2.05, 4.69) is 0 Å². The van der Waals surface area contributed by atoms with Crippen LogP contribution in [0.5, 0.6) is 0 Å². The minimum absolute atomic E-state index is 0.156. The maximum atomic E-state index is 12.3. The lowest BCUT2D eigenvalue weighted by molar-refractivity contribution is 0.0211. The molecule has 4 heteroatoms. The van der Waals surface area contributed by atoms with Crippen molar-refractivity contribution in [3.05, 3.63) is 0 Å². The predicted octanol–water partition coefficient (Wildman–Crippen LogP) is 1.84. The predicted molar refractivity (Wildman–Crippen MR) is 53.5 cm³/mol. The van der Waals surface area contributed by atoms with E-state index in [0.29, 0.717) is 6.54 Å². The van der Waals surface area contributed by atoms with E-state index >= 15 is 0 Å². The third kappa shape index (κ3) is 2.64. The molecule has 84 valence electrons. The highest BCUT2D eigenvalue weighted by molar-refractivity contribution is 4.92. The number of hydrogen-bond acceptors (Lipinski definition) is 2. The first-order valence-electron chi connectivity index (χ1n) is 5.30. The first-order chi connectivity index (χ1) is 6.60. The molecule has 0 saturated heterocycles. The second-order valence-electron chi connectivity index (χ2n) is 4.26.